The van der Waals surface area contributed by atoms with Gasteiger partial charge in [0.05, 0.1) is 23.8 Å². The molecule has 18 heavy (non-hydrogen) atoms. The Morgan fingerprint density at radius 3 is 2.94 bits per heavy atom. The largest absolute Gasteiger partial charge is 0.343 e. The van der Waals surface area contributed by atoms with Crippen LogP contribution in [0.3, 0.4) is 0 Å². The molecule has 2 N–H and O–H groups in total. The van der Waals surface area contributed by atoms with Crippen LogP contribution in [0.5, 0.6) is 0 Å². The highest BCUT2D eigenvalue weighted by atomic mass is 35.5. The van der Waals surface area contributed by atoms with Crippen molar-refractivity contribution in [1.29, 1.82) is 0 Å². The van der Waals surface area contributed by atoms with Crippen LogP contribution in [0.25, 0.3) is 0 Å². The first-order valence-electron chi connectivity index (χ1n) is 5.26. The summed E-state index contributed by atoms with van der Waals surface area (Å²) in [4.78, 5) is 15.4. The maximum absolute atomic E-state index is 11.6. The Morgan fingerprint density at radius 2 is 2.22 bits per heavy atom. The summed E-state index contributed by atoms with van der Waals surface area (Å²) in [6, 6.07) is 7.05. The van der Waals surface area contributed by atoms with Crippen LogP contribution >= 0.6 is 11.6 Å². The summed E-state index contributed by atoms with van der Waals surface area (Å²) >= 11 is 5.92. The molecule has 0 unspecified atom stereocenters. The predicted molar refractivity (Wildman–Crippen MR) is 66.1 cm³/mol. The maximum Gasteiger partial charge on any atom is 0.238 e. The van der Waals surface area contributed by atoms with Crippen molar-refractivity contribution in [2.24, 2.45) is 0 Å². The molecule has 6 nitrogen and oxygen atoms in total. The molecule has 1 heterocycles. The Labute approximate surface area is 108 Å². The summed E-state index contributed by atoms with van der Waals surface area (Å²) < 4.78 is 4.56. The van der Waals surface area contributed by atoms with Gasteiger partial charge in [-0.25, -0.2) is 0 Å². The zero-order chi connectivity index (χ0) is 12.8. The average Bonchev–Trinajstić information content (AvgIpc) is 2.85. The number of nitrogens with zero attached hydrogens (tertiary/aromatic N) is 2. The average molecular weight is 267 g/mol. The number of carbonyl (C=O) groups excluding carboxylic acids is 1. The number of halogens is 1. The van der Waals surface area contributed by atoms with Crippen LogP contribution in [-0.4, -0.2) is 22.6 Å². The maximum atomic E-state index is 11.6. The Balaban J connectivity index is 1.77. The van der Waals surface area contributed by atoms with Gasteiger partial charge in [-0.3, -0.25) is 4.79 Å². The second-order valence-corrected chi connectivity index (χ2v) is 3.89. The lowest BCUT2D eigenvalue weighted by Gasteiger charge is -2.06. The summed E-state index contributed by atoms with van der Waals surface area (Å²) in [5, 5.41) is 9.69. The number of aromatic nitrogens is 2. The summed E-state index contributed by atoms with van der Waals surface area (Å²) in [6.07, 6.45) is 1.24. The van der Waals surface area contributed by atoms with Crippen LogP contribution in [0.1, 0.15) is 5.82 Å². The van der Waals surface area contributed by atoms with E-state index in [0.29, 0.717) is 23.1 Å². The second-order valence-electron chi connectivity index (χ2n) is 3.48. The predicted octanol–water partition coefficient (Wildman–Crippen LogP) is 1.45. The molecule has 0 saturated heterocycles. The Hall–Kier alpha value is -1.92. The minimum Gasteiger partial charge on any atom is -0.343 e. The van der Waals surface area contributed by atoms with Gasteiger partial charge in [-0.1, -0.05) is 28.9 Å². The molecule has 94 valence electrons. The van der Waals surface area contributed by atoms with Crippen molar-refractivity contribution in [2.75, 3.05) is 11.9 Å². The van der Waals surface area contributed by atoms with Crippen molar-refractivity contribution >= 4 is 23.2 Å². The summed E-state index contributed by atoms with van der Waals surface area (Å²) in [5.74, 6) is 0.312. The number of amides is 1. The highest BCUT2D eigenvalue weighted by Crippen LogP contribution is 2.19. The van der Waals surface area contributed by atoms with E-state index in [1.54, 1.807) is 24.3 Å². The van der Waals surface area contributed by atoms with Crippen molar-refractivity contribution in [2.45, 2.75) is 6.54 Å². The smallest absolute Gasteiger partial charge is 0.238 e. The lowest BCUT2D eigenvalue weighted by molar-refractivity contribution is -0.115. The molecule has 1 aromatic heterocycles. The van der Waals surface area contributed by atoms with Crippen LogP contribution in [-0.2, 0) is 11.3 Å². The van der Waals surface area contributed by atoms with Crippen molar-refractivity contribution in [1.82, 2.24) is 15.5 Å². The zero-order valence-corrected chi connectivity index (χ0v) is 10.1. The van der Waals surface area contributed by atoms with Crippen LogP contribution in [0.4, 0.5) is 5.69 Å². The Bertz CT molecular complexity index is 516. The molecule has 0 aliphatic rings. The van der Waals surface area contributed by atoms with Gasteiger partial charge in [0, 0.05) is 0 Å². The van der Waals surface area contributed by atoms with E-state index in [1.165, 1.54) is 6.39 Å². The first kappa shape index (κ1) is 12.5. The van der Waals surface area contributed by atoms with Crippen LogP contribution in [0.15, 0.2) is 35.2 Å². The number of carbonyl (C=O) groups is 1. The van der Waals surface area contributed by atoms with Crippen LogP contribution < -0.4 is 10.6 Å². The zero-order valence-electron chi connectivity index (χ0n) is 9.39. The third-order valence-corrected chi connectivity index (χ3v) is 2.45. The molecular weight excluding hydrogens is 256 g/mol. The molecule has 0 saturated carbocycles. The lowest BCUT2D eigenvalue weighted by Crippen LogP contribution is -2.28. The summed E-state index contributed by atoms with van der Waals surface area (Å²) in [5.41, 5.74) is 0.588. The molecule has 2 aromatic rings. The van der Waals surface area contributed by atoms with Gasteiger partial charge in [0.2, 0.25) is 12.3 Å². The Morgan fingerprint density at radius 1 is 1.39 bits per heavy atom. The topological polar surface area (TPSA) is 80.1 Å². The monoisotopic (exact) mass is 266 g/mol. The van der Waals surface area contributed by atoms with Crippen LogP contribution in [0, 0.1) is 0 Å². The lowest BCUT2D eigenvalue weighted by atomic mass is 10.3. The van der Waals surface area contributed by atoms with E-state index < -0.39 is 0 Å². The van der Waals surface area contributed by atoms with E-state index in [2.05, 4.69) is 25.3 Å². The fourth-order valence-corrected chi connectivity index (χ4v) is 1.50. The quantitative estimate of drug-likeness (QED) is 0.856. The number of nitrogens with one attached hydrogen (secondary N) is 2. The van der Waals surface area contributed by atoms with Crippen molar-refractivity contribution < 1.29 is 9.32 Å². The Kier molecular flexibility index (Phi) is 4.27. The standard InChI is InChI=1S/C11H11ClN4O2/c12-8-3-1-2-4-9(8)15-11(17)6-13-5-10-14-7-18-16-10/h1-4,7,13H,5-6H2,(H,15,17). The number of rotatable bonds is 5. The highest BCUT2D eigenvalue weighted by molar-refractivity contribution is 6.33. The molecule has 0 radical (unpaired) electrons. The van der Waals surface area contributed by atoms with Gasteiger partial charge in [0.1, 0.15) is 0 Å². The normalized spacial score (nSPS) is 10.3. The van der Waals surface area contributed by atoms with E-state index in [4.69, 9.17) is 11.6 Å². The number of hydrogen-bond acceptors (Lipinski definition) is 5. The molecule has 0 spiro atoms. The molecule has 0 bridgehead atoms. The highest BCUT2D eigenvalue weighted by Gasteiger charge is 2.05. The minimum absolute atomic E-state index is 0.139. The van der Waals surface area contributed by atoms with Gasteiger partial charge in [-0.15, -0.1) is 0 Å². The van der Waals surface area contributed by atoms with Gasteiger partial charge in [-0.05, 0) is 12.1 Å². The van der Waals surface area contributed by atoms with E-state index >= 15 is 0 Å². The molecule has 7 heteroatoms. The first-order chi connectivity index (χ1) is 8.75. The van der Waals surface area contributed by atoms with E-state index in [-0.39, 0.29) is 12.5 Å². The molecule has 0 atom stereocenters. The van der Waals surface area contributed by atoms with Crippen LogP contribution in [0.2, 0.25) is 5.02 Å². The molecule has 0 fully saturated rings. The van der Waals surface area contributed by atoms with Gasteiger partial charge in [0.15, 0.2) is 5.82 Å². The van der Waals surface area contributed by atoms with E-state index in [1.807, 2.05) is 0 Å². The third-order valence-electron chi connectivity index (χ3n) is 2.12. The molecular formula is C11H11ClN4O2. The molecule has 0 aliphatic carbocycles. The number of para-hydroxylation sites is 1. The summed E-state index contributed by atoms with van der Waals surface area (Å²) in [7, 11) is 0. The molecule has 0 aliphatic heterocycles. The third kappa shape index (κ3) is 3.54. The fraction of sp³-hybridized carbons (Fsp3) is 0.182. The molecule has 2 rings (SSSR count). The van der Waals surface area contributed by atoms with E-state index in [0.717, 1.165) is 0 Å². The second kappa shape index (κ2) is 6.13. The van der Waals surface area contributed by atoms with Gasteiger partial charge in [-0.2, -0.15) is 4.98 Å². The van der Waals surface area contributed by atoms with Gasteiger partial charge < -0.3 is 15.2 Å². The van der Waals surface area contributed by atoms with Crippen molar-refractivity contribution in [3.8, 4) is 0 Å². The molecule has 1 amide bonds. The van der Waals surface area contributed by atoms with Gasteiger partial charge in [0.25, 0.3) is 0 Å². The SMILES string of the molecule is O=C(CNCc1ncon1)Nc1ccccc1Cl. The minimum atomic E-state index is -0.188. The van der Waals surface area contributed by atoms with Crippen molar-refractivity contribution in [3.63, 3.8) is 0 Å². The van der Waals surface area contributed by atoms with Gasteiger partial charge >= 0.3 is 0 Å². The first-order valence-corrected chi connectivity index (χ1v) is 5.64. The van der Waals surface area contributed by atoms with Crippen molar-refractivity contribution in [3.05, 3.63) is 41.5 Å². The number of benzene rings is 1. The molecule has 1 aromatic carbocycles. The number of hydrogen-bond donors (Lipinski definition) is 2. The summed E-state index contributed by atoms with van der Waals surface area (Å²) in [6.45, 7) is 0.506. The van der Waals surface area contributed by atoms with E-state index in [9.17, 15) is 4.79 Å². The fourth-order valence-electron chi connectivity index (χ4n) is 1.32. The number of anilines is 1.